The minimum atomic E-state index is -0.0799. The molecule has 2 aromatic rings. The zero-order valence-electron chi connectivity index (χ0n) is 13.3. The van der Waals surface area contributed by atoms with Crippen molar-refractivity contribution in [1.29, 1.82) is 0 Å². The third-order valence-corrected chi connectivity index (χ3v) is 3.46. The summed E-state index contributed by atoms with van der Waals surface area (Å²) in [5, 5.41) is 3.16. The molecule has 22 heavy (non-hydrogen) atoms. The fraction of sp³-hybridized carbons (Fsp3) is 0.353. The van der Waals surface area contributed by atoms with Gasteiger partial charge in [0.05, 0.1) is 0 Å². The zero-order chi connectivity index (χ0) is 15.9. The van der Waals surface area contributed by atoms with Crippen LogP contribution in [0, 0.1) is 6.92 Å². The number of aromatic nitrogens is 2. The highest BCUT2D eigenvalue weighted by molar-refractivity contribution is 5.92. The Morgan fingerprint density at radius 2 is 2.05 bits per heavy atom. The number of nitrogens with zero attached hydrogens (tertiary/aromatic N) is 3. The highest BCUT2D eigenvalue weighted by Gasteiger charge is 2.13. The second kappa shape index (κ2) is 7.54. The number of anilines is 2. The lowest BCUT2D eigenvalue weighted by atomic mass is 10.2. The first kappa shape index (κ1) is 15.9. The molecule has 1 aromatic carbocycles. The summed E-state index contributed by atoms with van der Waals surface area (Å²) in [6.45, 7) is 4.85. The molecule has 0 aliphatic carbocycles. The van der Waals surface area contributed by atoms with Crippen molar-refractivity contribution in [1.82, 2.24) is 14.9 Å². The maximum atomic E-state index is 12.3. The Hall–Kier alpha value is -2.43. The number of carbonyl (C=O) groups is 1. The number of hydrogen-bond donors (Lipinski definition) is 1. The van der Waals surface area contributed by atoms with Crippen LogP contribution in [0.5, 0.6) is 0 Å². The number of hydrogen-bond acceptors (Lipinski definition) is 4. The minimum Gasteiger partial charge on any atom is -0.340 e. The predicted molar refractivity (Wildman–Crippen MR) is 88.4 cm³/mol. The van der Waals surface area contributed by atoms with Gasteiger partial charge in [-0.3, -0.25) is 4.79 Å². The molecule has 116 valence electrons. The quantitative estimate of drug-likeness (QED) is 0.888. The molecule has 0 saturated heterocycles. The first-order valence-corrected chi connectivity index (χ1v) is 7.53. The van der Waals surface area contributed by atoms with Crippen LogP contribution >= 0.6 is 0 Å². The molecule has 1 aromatic heterocycles. The van der Waals surface area contributed by atoms with Gasteiger partial charge in [0.15, 0.2) is 0 Å². The van der Waals surface area contributed by atoms with E-state index in [9.17, 15) is 4.79 Å². The fourth-order valence-electron chi connectivity index (χ4n) is 2.06. The first-order valence-electron chi connectivity index (χ1n) is 7.53. The lowest BCUT2D eigenvalue weighted by Crippen LogP contribution is -2.28. The van der Waals surface area contributed by atoms with E-state index in [0.717, 1.165) is 30.6 Å². The average molecular weight is 298 g/mol. The van der Waals surface area contributed by atoms with E-state index in [1.807, 2.05) is 31.2 Å². The number of unbranched alkanes of at least 4 members (excludes halogenated alkanes) is 1. The van der Waals surface area contributed by atoms with E-state index in [1.54, 1.807) is 24.2 Å². The maximum Gasteiger partial charge on any atom is 0.272 e. The summed E-state index contributed by atoms with van der Waals surface area (Å²) < 4.78 is 0. The van der Waals surface area contributed by atoms with Crippen molar-refractivity contribution in [3.63, 3.8) is 0 Å². The van der Waals surface area contributed by atoms with Crippen LogP contribution in [-0.2, 0) is 0 Å². The van der Waals surface area contributed by atoms with Crippen LogP contribution in [0.25, 0.3) is 0 Å². The van der Waals surface area contributed by atoms with Crippen LogP contribution in [0.1, 0.15) is 35.8 Å². The normalized spacial score (nSPS) is 10.3. The third kappa shape index (κ3) is 4.04. The molecule has 0 unspecified atom stereocenters. The Morgan fingerprint density at radius 1 is 1.27 bits per heavy atom. The monoisotopic (exact) mass is 298 g/mol. The number of carbonyl (C=O) groups excluding carboxylic acids is 1. The van der Waals surface area contributed by atoms with Gasteiger partial charge in [-0.1, -0.05) is 31.5 Å². The Balaban J connectivity index is 2.13. The van der Waals surface area contributed by atoms with E-state index in [2.05, 4.69) is 22.2 Å². The summed E-state index contributed by atoms with van der Waals surface area (Å²) in [7, 11) is 1.80. The molecular weight excluding hydrogens is 276 g/mol. The van der Waals surface area contributed by atoms with Gasteiger partial charge in [-0.15, -0.1) is 0 Å². The Bertz CT molecular complexity index is 642. The smallest absolute Gasteiger partial charge is 0.272 e. The minimum absolute atomic E-state index is 0.0799. The molecule has 1 heterocycles. The van der Waals surface area contributed by atoms with Crippen molar-refractivity contribution in [3.05, 3.63) is 47.8 Å². The lowest BCUT2D eigenvalue weighted by Gasteiger charge is -2.16. The number of benzene rings is 1. The molecule has 0 bridgehead atoms. The SMILES string of the molecule is CCCCN(C)C(=O)c1ccnc(Nc2ccccc2C)n1. The summed E-state index contributed by atoms with van der Waals surface area (Å²) in [6, 6.07) is 9.54. The molecule has 0 radical (unpaired) electrons. The Kier molecular flexibility index (Phi) is 5.47. The molecule has 0 aliphatic rings. The molecule has 0 spiro atoms. The summed E-state index contributed by atoms with van der Waals surface area (Å²) >= 11 is 0. The van der Waals surface area contributed by atoms with E-state index in [4.69, 9.17) is 0 Å². The molecule has 5 heteroatoms. The van der Waals surface area contributed by atoms with E-state index in [-0.39, 0.29) is 5.91 Å². The summed E-state index contributed by atoms with van der Waals surface area (Å²) in [5.41, 5.74) is 2.44. The Labute approximate surface area is 131 Å². The van der Waals surface area contributed by atoms with Gasteiger partial charge < -0.3 is 10.2 Å². The van der Waals surface area contributed by atoms with Crippen molar-refractivity contribution in [3.8, 4) is 0 Å². The molecule has 1 amide bonds. The molecule has 0 aliphatic heterocycles. The van der Waals surface area contributed by atoms with Gasteiger partial charge in [-0.05, 0) is 31.0 Å². The summed E-state index contributed by atoms with van der Waals surface area (Å²) in [4.78, 5) is 22.5. The van der Waals surface area contributed by atoms with Crippen LogP contribution in [0.4, 0.5) is 11.6 Å². The number of amides is 1. The molecule has 0 atom stereocenters. The highest BCUT2D eigenvalue weighted by atomic mass is 16.2. The van der Waals surface area contributed by atoms with Gasteiger partial charge in [0.1, 0.15) is 5.69 Å². The second-order valence-corrected chi connectivity index (χ2v) is 5.29. The van der Waals surface area contributed by atoms with Gasteiger partial charge in [-0.25, -0.2) is 9.97 Å². The van der Waals surface area contributed by atoms with Crippen LogP contribution in [-0.4, -0.2) is 34.4 Å². The predicted octanol–water partition coefficient (Wildman–Crippen LogP) is 3.40. The van der Waals surface area contributed by atoms with Gasteiger partial charge in [0.25, 0.3) is 5.91 Å². The largest absolute Gasteiger partial charge is 0.340 e. The van der Waals surface area contributed by atoms with Crippen LogP contribution < -0.4 is 5.32 Å². The zero-order valence-corrected chi connectivity index (χ0v) is 13.3. The fourth-order valence-corrected chi connectivity index (χ4v) is 2.06. The van der Waals surface area contributed by atoms with E-state index in [0.29, 0.717) is 11.6 Å². The van der Waals surface area contributed by atoms with E-state index < -0.39 is 0 Å². The van der Waals surface area contributed by atoms with E-state index in [1.165, 1.54) is 0 Å². The van der Waals surface area contributed by atoms with Crippen LogP contribution in [0.3, 0.4) is 0 Å². The maximum absolute atomic E-state index is 12.3. The molecule has 2 rings (SSSR count). The van der Waals surface area contributed by atoms with Gasteiger partial charge in [0, 0.05) is 25.5 Å². The molecule has 5 nitrogen and oxygen atoms in total. The van der Waals surface area contributed by atoms with Crippen molar-refractivity contribution >= 4 is 17.5 Å². The van der Waals surface area contributed by atoms with Crippen molar-refractivity contribution in [2.45, 2.75) is 26.7 Å². The average Bonchev–Trinajstić information content (AvgIpc) is 2.54. The van der Waals surface area contributed by atoms with Gasteiger partial charge >= 0.3 is 0 Å². The van der Waals surface area contributed by atoms with Gasteiger partial charge in [-0.2, -0.15) is 0 Å². The number of aryl methyl sites for hydroxylation is 1. The van der Waals surface area contributed by atoms with Crippen LogP contribution in [0.2, 0.25) is 0 Å². The first-order chi connectivity index (χ1) is 10.6. The molecular formula is C17H22N4O. The lowest BCUT2D eigenvalue weighted by molar-refractivity contribution is 0.0787. The van der Waals surface area contributed by atoms with Crippen molar-refractivity contribution in [2.75, 3.05) is 18.9 Å². The third-order valence-electron chi connectivity index (χ3n) is 3.46. The highest BCUT2D eigenvalue weighted by Crippen LogP contribution is 2.17. The topological polar surface area (TPSA) is 58.1 Å². The van der Waals surface area contributed by atoms with Gasteiger partial charge in [0.2, 0.25) is 5.95 Å². The number of para-hydroxylation sites is 1. The number of rotatable bonds is 6. The van der Waals surface area contributed by atoms with E-state index >= 15 is 0 Å². The second-order valence-electron chi connectivity index (χ2n) is 5.29. The van der Waals surface area contributed by atoms with Crippen LogP contribution in [0.15, 0.2) is 36.5 Å². The molecule has 0 saturated carbocycles. The standard InChI is InChI=1S/C17H22N4O/c1-4-5-12-21(3)16(22)15-10-11-18-17(20-15)19-14-9-7-6-8-13(14)2/h6-11H,4-5,12H2,1-3H3,(H,18,19,20). The van der Waals surface area contributed by atoms with Crippen molar-refractivity contribution in [2.24, 2.45) is 0 Å². The number of nitrogens with one attached hydrogen (secondary N) is 1. The Morgan fingerprint density at radius 3 is 2.77 bits per heavy atom. The summed E-state index contributed by atoms with van der Waals surface area (Å²) in [6.07, 6.45) is 3.65. The molecule has 1 N–H and O–H groups in total. The van der Waals surface area contributed by atoms with Crippen molar-refractivity contribution < 1.29 is 4.79 Å². The molecule has 0 fully saturated rings. The summed E-state index contributed by atoms with van der Waals surface area (Å²) in [5.74, 6) is 0.354.